The van der Waals surface area contributed by atoms with Crippen molar-refractivity contribution in [2.75, 3.05) is 18.5 Å². The van der Waals surface area contributed by atoms with Crippen molar-refractivity contribution in [2.24, 2.45) is 23.7 Å². The molecule has 2 bridgehead atoms. The van der Waals surface area contributed by atoms with Crippen molar-refractivity contribution < 1.29 is 23.9 Å². The van der Waals surface area contributed by atoms with E-state index in [-0.39, 0.29) is 53.8 Å². The van der Waals surface area contributed by atoms with Gasteiger partial charge < -0.3 is 15.4 Å². The third kappa shape index (κ3) is 3.67. The van der Waals surface area contributed by atoms with Crippen LogP contribution in [-0.2, 0) is 19.1 Å². The van der Waals surface area contributed by atoms with E-state index in [1.54, 1.807) is 6.92 Å². The fourth-order valence-corrected chi connectivity index (χ4v) is 6.06. The van der Waals surface area contributed by atoms with Gasteiger partial charge in [0.15, 0.2) is 5.11 Å². The highest BCUT2D eigenvalue weighted by Gasteiger charge is 2.59. The van der Waals surface area contributed by atoms with Gasteiger partial charge in [-0.2, -0.15) is 0 Å². The van der Waals surface area contributed by atoms with E-state index in [1.165, 1.54) is 11.3 Å². The Bertz CT molecular complexity index is 1000. The highest BCUT2D eigenvalue weighted by molar-refractivity contribution is 7.80. The quantitative estimate of drug-likeness (QED) is 0.300. The highest BCUT2D eigenvalue weighted by atomic mass is 32.1. The molecule has 1 saturated carbocycles. The van der Waals surface area contributed by atoms with Crippen molar-refractivity contribution in [2.45, 2.75) is 27.2 Å². The van der Waals surface area contributed by atoms with E-state index in [1.807, 2.05) is 26.0 Å². The number of ether oxygens (including phenoxy) is 1. The van der Waals surface area contributed by atoms with E-state index >= 15 is 0 Å². The van der Waals surface area contributed by atoms with Gasteiger partial charge in [0.25, 0.3) is 0 Å². The van der Waals surface area contributed by atoms with Crippen LogP contribution in [0, 0.1) is 37.5 Å². The topological polar surface area (TPSA) is 105 Å². The molecule has 164 valence electrons. The van der Waals surface area contributed by atoms with Crippen LogP contribution in [0.15, 0.2) is 12.2 Å². The number of thiocarbonyl (C=S) groups is 1. The molecule has 0 spiro atoms. The van der Waals surface area contributed by atoms with Crippen LogP contribution in [0.3, 0.4) is 0 Å². The molecule has 1 aliphatic heterocycles. The first-order chi connectivity index (χ1) is 14.7. The number of hydrogen-bond acceptors (Lipinski definition) is 7. The normalized spacial score (nSPS) is 25.7. The molecule has 0 radical (unpaired) electrons. The lowest BCUT2D eigenvalue weighted by atomic mass is 9.85. The number of anilines is 1. The number of nitrogens with one attached hydrogen (secondary N) is 2. The summed E-state index contributed by atoms with van der Waals surface area (Å²) in [4.78, 5) is 52.2. The number of carbonyl (C=O) groups excluding carboxylic acids is 4. The minimum Gasteiger partial charge on any atom is -0.462 e. The smallest absolute Gasteiger partial charge is 0.341 e. The Morgan fingerprint density at radius 1 is 1.19 bits per heavy atom. The summed E-state index contributed by atoms with van der Waals surface area (Å²) in [6.45, 7) is 5.28. The lowest BCUT2D eigenvalue weighted by Crippen LogP contribution is -2.44. The van der Waals surface area contributed by atoms with Crippen molar-refractivity contribution >= 4 is 57.4 Å². The Labute approximate surface area is 189 Å². The molecule has 2 fully saturated rings. The molecule has 0 unspecified atom stereocenters. The summed E-state index contributed by atoms with van der Waals surface area (Å²) in [5.41, 5.74) is 1.16. The number of aryl methyl sites for hydroxylation is 1. The number of thiophene rings is 1. The van der Waals surface area contributed by atoms with E-state index < -0.39 is 11.9 Å². The number of imide groups is 1. The molecular weight excluding hydrogens is 438 g/mol. The standard InChI is InChI=1S/C21H23N3O5S2/c1-4-29-20(28)14-9(2)10(3)31-17(14)23-21(30)22-13(25)8-24-18(26)15-11-5-6-12(7-11)16(15)19(24)27/h5-6,11-12,15-16H,4,7-8H2,1-3H3,(H2,22,23,25,30)/t11-,12+,15+,16-. The first-order valence-electron chi connectivity index (χ1n) is 10.1. The van der Waals surface area contributed by atoms with Crippen LogP contribution in [-0.4, -0.2) is 46.9 Å². The molecule has 8 nitrogen and oxygen atoms in total. The van der Waals surface area contributed by atoms with Crippen molar-refractivity contribution in [3.8, 4) is 0 Å². The Kier molecular flexibility index (Phi) is 5.69. The molecule has 10 heteroatoms. The van der Waals surface area contributed by atoms with Crippen LogP contribution in [0.2, 0.25) is 0 Å². The van der Waals surface area contributed by atoms with Gasteiger partial charge in [-0.1, -0.05) is 12.2 Å². The molecule has 31 heavy (non-hydrogen) atoms. The second kappa shape index (κ2) is 8.16. The SMILES string of the molecule is CCOC(=O)c1c(NC(=S)NC(=O)CN2C(=O)[C@@H]3[C@H](C2=O)[C@H]2C=C[C@@H]3C2)sc(C)c1C. The number of rotatable bonds is 5. The number of fused-ring (bicyclic) bond motifs is 5. The fourth-order valence-electron chi connectivity index (χ4n) is 4.73. The maximum atomic E-state index is 12.7. The van der Waals surface area contributed by atoms with Crippen molar-refractivity contribution in [3.63, 3.8) is 0 Å². The molecule has 0 aromatic carbocycles. The minimum absolute atomic E-state index is 0.0159. The van der Waals surface area contributed by atoms with Gasteiger partial charge in [0.05, 0.1) is 24.0 Å². The molecule has 1 aromatic rings. The largest absolute Gasteiger partial charge is 0.462 e. The van der Waals surface area contributed by atoms with Gasteiger partial charge in [-0.25, -0.2) is 4.79 Å². The number of hydrogen-bond donors (Lipinski definition) is 2. The lowest BCUT2D eigenvalue weighted by molar-refractivity contribution is -0.144. The zero-order valence-electron chi connectivity index (χ0n) is 17.4. The van der Waals surface area contributed by atoms with E-state index in [0.717, 1.165) is 21.8 Å². The zero-order chi connectivity index (χ0) is 22.4. The van der Waals surface area contributed by atoms with Gasteiger partial charge in [-0.05, 0) is 56.8 Å². The molecule has 4 atom stereocenters. The number of carbonyl (C=O) groups is 4. The third-order valence-electron chi connectivity index (χ3n) is 6.21. The van der Waals surface area contributed by atoms with E-state index in [0.29, 0.717) is 10.6 Å². The maximum absolute atomic E-state index is 12.7. The molecule has 1 aromatic heterocycles. The van der Waals surface area contributed by atoms with Gasteiger partial charge >= 0.3 is 5.97 Å². The van der Waals surface area contributed by atoms with Gasteiger partial charge in [-0.15, -0.1) is 11.3 Å². The van der Waals surface area contributed by atoms with Gasteiger partial charge in [0.2, 0.25) is 17.7 Å². The highest BCUT2D eigenvalue weighted by Crippen LogP contribution is 2.52. The first kappa shape index (κ1) is 21.6. The monoisotopic (exact) mass is 461 g/mol. The summed E-state index contributed by atoms with van der Waals surface area (Å²) in [7, 11) is 0. The van der Waals surface area contributed by atoms with E-state index in [9.17, 15) is 19.2 Å². The van der Waals surface area contributed by atoms with Gasteiger partial charge in [0.1, 0.15) is 11.5 Å². The van der Waals surface area contributed by atoms with E-state index in [4.69, 9.17) is 17.0 Å². The average Bonchev–Trinajstić information content (AvgIpc) is 3.43. The van der Waals surface area contributed by atoms with Crippen LogP contribution in [0.25, 0.3) is 0 Å². The molecule has 3 aliphatic rings. The summed E-state index contributed by atoms with van der Waals surface area (Å²) in [5, 5.41) is 5.83. The Morgan fingerprint density at radius 2 is 1.81 bits per heavy atom. The molecule has 2 N–H and O–H groups in total. The Balaban J connectivity index is 1.39. The number of allylic oxidation sites excluding steroid dienone is 2. The second-order valence-corrected chi connectivity index (χ2v) is 9.61. The molecular formula is C21H23N3O5S2. The molecule has 4 rings (SSSR count). The van der Waals surface area contributed by atoms with Crippen LogP contribution >= 0.6 is 23.6 Å². The van der Waals surface area contributed by atoms with Crippen LogP contribution in [0.5, 0.6) is 0 Å². The number of nitrogens with zero attached hydrogens (tertiary/aromatic N) is 1. The van der Waals surface area contributed by atoms with Crippen LogP contribution in [0.1, 0.15) is 34.1 Å². The van der Waals surface area contributed by atoms with Crippen molar-refractivity contribution in [1.29, 1.82) is 0 Å². The predicted molar refractivity (Wildman–Crippen MR) is 119 cm³/mol. The van der Waals surface area contributed by atoms with E-state index in [2.05, 4.69) is 10.6 Å². The maximum Gasteiger partial charge on any atom is 0.341 e. The summed E-state index contributed by atoms with van der Waals surface area (Å²) < 4.78 is 5.11. The number of amides is 3. The Morgan fingerprint density at radius 3 is 2.39 bits per heavy atom. The molecule has 2 heterocycles. The van der Waals surface area contributed by atoms with Crippen molar-refractivity contribution in [1.82, 2.24) is 10.2 Å². The average molecular weight is 462 g/mol. The van der Waals surface area contributed by atoms with Gasteiger partial charge in [-0.3, -0.25) is 19.3 Å². The summed E-state index contributed by atoms with van der Waals surface area (Å²) in [6.07, 6.45) is 4.85. The fraction of sp³-hybridized carbons (Fsp3) is 0.476. The lowest BCUT2D eigenvalue weighted by Gasteiger charge is -2.17. The predicted octanol–water partition coefficient (Wildman–Crippen LogP) is 2.16. The molecule has 3 amide bonds. The number of likely N-dealkylation sites (tertiary alicyclic amines) is 1. The summed E-state index contributed by atoms with van der Waals surface area (Å²) in [5.74, 6) is -2.10. The second-order valence-electron chi connectivity index (χ2n) is 7.97. The summed E-state index contributed by atoms with van der Waals surface area (Å²) >= 11 is 6.54. The zero-order valence-corrected chi connectivity index (χ0v) is 19.0. The third-order valence-corrected chi connectivity index (χ3v) is 7.54. The molecule has 1 saturated heterocycles. The molecule has 2 aliphatic carbocycles. The van der Waals surface area contributed by atoms with Crippen molar-refractivity contribution in [3.05, 3.63) is 28.2 Å². The van der Waals surface area contributed by atoms with Gasteiger partial charge in [0, 0.05) is 4.88 Å². The minimum atomic E-state index is -0.567. The van der Waals surface area contributed by atoms with Crippen LogP contribution < -0.4 is 10.6 Å². The van der Waals surface area contributed by atoms with Crippen LogP contribution in [0.4, 0.5) is 5.00 Å². The number of esters is 1. The Hall–Kier alpha value is -2.59. The summed E-state index contributed by atoms with van der Waals surface area (Å²) in [6, 6.07) is 0. The first-order valence-corrected chi connectivity index (χ1v) is 11.4.